The number of rotatable bonds is 6. The summed E-state index contributed by atoms with van der Waals surface area (Å²) in [7, 11) is 1.35. The molecule has 0 aliphatic carbocycles. The summed E-state index contributed by atoms with van der Waals surface area (Å²) in [6.45, 7) is 4.46. The smallest absolute Gasteiger partial charge is 0.337 e. The highest BCUT2D eigenvalue weighted by molar-refractivity contribution is 7.13. The molecule has 3 rings (SSSR count). The molecule has 0 aliphatic rings. The van der Waals surface area contributed by atoms with Crippen molar-refractivity contribution in [3.05, 3.63) is 77.8 Å². The molecule has 0 spiro atoms. The number of hydrogen-bond acceptors (Lipinski definition) is 5. The molecule has 0 amide bonds. The van der Waals surface area contributed by atoms with Crippen LogP contribution in [0.25, 0.3) is 16.1 Å². The maximum Gasteiger partial charge on any atom is 0.337 e. The minimum absolute atomic E-state index is 0.340. The molecule has 0 atom stereocenters. The molecule has 0 saturated heterocycles. The number of benzene rings is 2. The van der Waals surface area contributed by atoms with E-state index < -0.39 is 5.97 Å². The van der Waals surface area contributed by atoms with Gasteiger partial charge >= 0.3 is 5.97 Å². The fraction of sp³-hybridized carbons (Fsp3) is 0.100. The molecule has 0 fully saturated rings. The van der Waals surface area contributed by atoms with Crippen molar-refractivity contribution in [2.24, 2.45) is 0 Å². The topological polar surface area (TPSA) is 51.2 Å². The summed E-state index contributed by atoms with van der Waals surface area (Å²) in [4.78, 5) is 16.3. The Bertz CT molecular complexity index is 887. The van der Waals surface area contributed by atoms with Crippen molar-refractivity contribution < 1.29 is 9.53 Å². The fourth-order valence-corrected chi connectivity index (χ4v) is 3.17. The first-order valence-electron chi connectivity index (χ1n) is 7.78. The van der Waals surface area contributed by atoms with Crippen LogP contribution in [0.2, 0.25) is 0 Å². The van der Waals surface area contributed by atoms with Crippen LogP contribution >= 0.6 is 11.3 Å². The van der Waals surface area contributed by atoms with Gasteiger partial charge in [-0.2, -0.15) is 0 Å². The lowest BCUT2D eigenvalue weighted by Crippen LogP contribution is -2.02. The highest BCUT2D eigenvalue weighted by Gasteiger charge is 2.11. The number of methoxy groups -OCH3 is 1. The van der Waals surface area contributed by atoms with Gasteiger partial charge in [0.15, 0.2) is 0 Å². The SMILES string of the molecule is C=C(C(=O)OC)c1cccc(-c2nc(CNc3ccccc3)cs2)c1. The van der Waals surface area contributed by atoms with E-state index in [1.807, 2.05) is 60.0 Å². The second kappa shape index (κ2) is 7.77. The summed E-state index contributed by atoms with van der Waals surface area (Å²) in [6, 6.07) is 17.6. The molecule has 1 N–H and O–H groups in total. The van der Waals surface area contributed by atoms with Gasteiger partial charge in [0.1, 0.15) is 5.01 Å². The summed E-state index contributed by atoms with van der Waals surface area (Å²) < 4.78 is 4.73. The van der Waals surface area contributed by atoms with Crippen molar-refractivity contribution in [3.8, 4) is 10.6 Å². The molecule has 0 unspecified atom stereocenters. The van der Waals surface area contributed by atoms with Gasteiger partial charge in [0, 0.05) is 16.6 Å². The minimum atomic E-state index is -0.427. The highest BCUT2D eigenvalue weighted by Crippen LogP contribution is 2.27. The number of ether oxygens (including phenoxy) is 1. The summed E-state index contributed by atoms with van der Waals surface area (Å²) in [5, 5.41) is 6.29. The molecule has 0 aliphatic heterocycles. The number of esters is 1. The van der Waals surface area contributed by atoms with Gasteiger partial charge in [-0.1, -0.05) is 43.0 Å². The zero-order valence-electron chi connectivity index (χ0n) is 13.9. The maximum absolute atomic E-state index is 11.6. The monoisotopic (exact) mass is 350 g/mol. The molecule has 0 radical (unpaired) electrons. The maximum atomic E-state index is 11.6. The van der Waals surface area contributed by atoms with E-state index in [9.17, 15) is 4.79 Å². The summed E-state index contributed by atoms with van der Waals surface area (Å²) in [5.41, 5.74) is 4.07. The normalized spacial score (nSPS) is 10.3. The molecule has 25 heavy (non-hydrogen) atoms. The van der Waals surface area contributed by atoms with Gasteiger partial charge in [-0.3, -0.25) is 0 Å². The van der Waals surface area contributed by atoms with Gasteiger partial charge in [-0.15, -0.1) is 11.3 Å². The lowest BCUT2D eigenvalue weighted by molar-refractivity contribution is -0.133. The van der Waals surface area contributed by atoms with E-state index in [0.29, 0.717) is 12.1 Å². The lowest BCUT2D eigenvalue weighted by Gasteiger charge is -2.05. The summed E-state index contributed by atoms with van der Waals surface area (Å²) in [6.07, 6.45) is 0. The predicted octanol–water partition coefficient (Wildman–Crippen LogP) is 4.61. The molecule has 1 heterocycles. The van der Waals surface area contributed by atoms with Gasteiger partial charge < -0.3 is 10.1 Å². The van der Waals surface area contributed by atoms with E-state index in [1.54, 1.807) is 11.3 Å². The van der Waals surface area contributed by atoms with E-state index in [2.05, 4.69) is 16.9 Å². The fourth-order valence-electron chi connectivity index (χ4n) is 2.35. The largest absolute Gasteiger partial charge is 0.465 e. The van der Waals surface area contributed by atoms with Crippen molar-refractivity contribution in [2.75, 3.05) is 12.4 Å². The summed E-state index contributed by atoms with van der Waals surface area (Å²) >= 11 is 1.58. The van der Waals surface area contributed by atoms with Crippen molar-refractivity contribution in [2.45, 2.75) is 6.54 Å². The number of anilines is 1. The standard InChI is InChI=1S/C20H18N2O2S/c1-14(20(23)24-2)15-7-6-8-16(11-15)19-22-18(13-25-19)12-21-17-9-4-3-5-10-17/h3-11,13,21H,1,12H2,2H3. The Kier molecular flexibility index (Phi) is 5.26. The van der Waals surface area contributed by atoms with Crippen molar-refractivity contribution >= 4 is 28.6 Å². The Hall–Kier alpha value is -2.92. The second-order valence-electron chi connectivity index (χ2n) is 5.41. The van der Waals surface area contributed by atoms with E-state index in [1.165, 1.54) is 7.11 Å². The number of aromatic nitrogens is 1. The Morgan fingerprint density at radius 3 is 2.76 bits per heavy atom. The molecule has 0 bridgehead atoms. The van der Waals surface area contributed by atoms with Crippen molar-refractivity contribution in [3.63, 3.8) is 0 Å². The van der Waals surface area contributed by atoms with Crippen LogP contribution < -0.4 is 5.32 Å². The van der Waals surface area contributed by atoms with Gasteiger partial charge in [-0.05, 0) is 23.8 Å². The first-order valence-corrected chi connectivity index (χ1v) is 8.66. The van der Waals surface area contributed by atoms with E-state index >= 15 is 0 Å². The van der Waals surface area contributed by atoms with Crippen LogP contribution in [0, 0.1) is 0 Å². The number of nitrogens with one attached hydrogen (secondary N) is 1. The third kappa shape index (κ3) is 4.14. The first-order chi connectivity index (χ1) is 12.2. The molecule has 5 heteroatoms. The quantitative estimate of drug-likeness (QED) is 0.521. The highest BCUT2D eigenvalue weighted by atomic mass is 32.1. The zero-order valence-corrected chi connectivity index (χ0v) is 14.7. The number of para-hydroxylation sites is 1. The predicted molar refractivity (Wildman–Crippen MR) is 102 cm³/mol. The number of carbonyl (C=O) groups excluding carboxylic acids is 1. The van der Waals surface area contributed by atoms with Crippen LogP contribution in [0.15, 0.2) is 66.6 Å². The van der Waals surface area contributed by atoms with E-state index in [0.717, 1.165) is 27.5 Å². The molecule has 126 valence electrons. The van der Waals surface area contributed by atoms with E-state index in [-0.39, 0.29) is 0 Å². The van der Waals surface area contributed by atoms with Crippen molar-refractivity contribution in [1.82, 2.24) is 4.98 Å². The third-order valence-electron chi connectivity index (χ3n) is 3.69. The van der Waals surface area contributed by atoms with Gasteiger partial charge in [0.25, 0.3) is 0 Å². The summed E-state index contributed by atoms with van der Waals surface area (Å²) in [5.74, 6) is -0.427. The Morgan fingerprint density at radius 1 is 1.20 bits per heavy atom. The molecular formula is C20H18N2O2S. The molecule has 2 aromatic carbocycles. The van der Waals surface area contributed by atoms with Crippen LogP contribution in [0.3, 0.4) is 0 Å². The number of nitrogens with zero attached hydrogens (tertiary/aromatic N) is 1. The van der Waals surface area contributed by atoms with Crippen LogP contribution in [0.4, 0.5) is 5.69 Å². The first kappa shape index (κ1) is 16.9. The second-order valence-corrected chi connectivity index (χ2v) is 6.27. The average molecular weight is 350 g/mol. The zero-order chi connectivity index (χ0) is 17.6. The molecule has 4 nitrogen and oxygen atoms in total. The van der Waals surface area contributed by atoms with Crippen LogP contribution in [-0.4, -0.2) is 18.1 Å². The minimum Gasteiger partial charge on any atom is -0.465 e. The van der Waals surface area contributed by atoms with E-state index in [4.69, 9.17) is 4.74 Å². The Labute approximate surface area is 150 Å². The number of hydrogen-bond donors (Lipinski definition) is 1. The van der Waals surface area contributed by atoms with Gasteiger partial charge in [0.05, 0.1) is 24.9 Å². The lowest BCUT2D eigenvalue weighted by atomic mass is 10.0. The molecule has 0 saturated carbocycles. The van der Waals surface area contributed by atoms with Gasteiger partial charge in [-0.25, -0.2) is 9.78 Å². The van der Waals surface area contributed by atoms with Gasteiger partial charge in [0.2, 0.25) is 0 Å². The van der Waals surface area contributed by atoms with Crippen molar-refractivity contribution in [1.29, 1.82) is 0 Å². The molecule has 1 aromatic heterocycles. The Balaban J connectivity index is 1.74. The third-order valence-corrected chi connectivity index (χ3v) is 4.63. The number of thiazole rings is 1. The Morgan fingerprint density at radius 2 is 2.00 bits per heavy atom. The van der Waals surface area contributed by atoms with Crippen LogP contribution in [0.1, 0.15) is 11.3 Å². The van der Waals surface area contributed by atoms with Crippen LogP contribution in [-0.2, 0) is 16.1 Å². The van der Waals surface area contributed by atoms with Crippen LogP contribution in [0.5, 0.6) is 0 Å². The number of carbonyl (C=O) groups is 1. The molecule has 3 aromatic rings. The average Bonchev–Trinajstić information content (AvgIpc) is 3.15. The molecular weight excluding hydrogens is 332 g/mol.